The van der Waals surface area contributed by atoms with Crippen LogP contribution in [0.15, 0.2) is 12.1 Å². The van der Waals surface area contributed by atoms with Crippen LogP contribution in [0.4, 0.5) is 4.39 Å². The van der Waals surface area contributed by atoms with E-state index >= 15 is 0 Å². The summed E-state index contributed by atoms with van der Waals surface area (Å²) in [6.07, 6.45) is -0.0264. The van der Waals surface area contributed by atoms with Crippen molar-refractivity contribution in [3.05, 3.63) is 29.2 Å². The van der Waals surface area contributed by atoms with Crippen molar-refractivity contribution in [1.82, 2.24) is 4.57 Å². The first-order valence-electron chi connectivity index (χ1n) is 6.57. The average Bonchev–Trinajstić information content (AvgIpc) is 2.74. The topological polar surface area (TPSA) is 60.7 Å². The molecule has 1 aromatic heterocycles. The van der Waals surface area contributed by atoms with Crippen molar-refractivity contribution in [2.75, 3.05) is 20.8 Å². The number of nitrogens with zero attached hydrogens (tertiary/aromatic N) is 1. The lowest BCUT2D eigenvalue weighted by atomic mass is 10.1. The Labute approximate surface area is 121 Å². The van der Waals surface area contributed by atoms with Gasteiger partial charge in [-0.1, -0.05) is 0 Å². The molecule has 1 heterocycles. The zero-order valence-corrected chi connectivity index (χ0v) is 12.3. The van der Waals surface area contributed by atoms with Gasteiger partial charge in [0.15, 0.2) is 11.6 Å². The molecule has 0 atom stereocenters. The lowest BCUT2D eigenvalue weighted by Crippen LogP contribution is -2.07. The Morgan fingerprint density at radius 3 is 2.67 bits per heavy atom. The van der Waals surface area contributed by atoms with Gasteiger partial charge in [0, 0.05) is 17.6 Å². The highest BCUT2D eigenvalue weighted by Gasteiger charge is 2.21. The second-order valence-electron chi connectivity index (χ2n) is 4.67. The maximum atomic E-state index is 14.6. The van der Waals surface area contributed by atoms with Crippen molar-refractivity contribution in [2.24, 2.45) is 0 Å². The molecule has 0 unspecified atom stereocenters. The van der Waals surface area contributed by atoms with Crippen LogP contribution in [0.1, 0.15) is 11.3 Å². The fourth-order valence-corrected chi connectivity index (χ4v) is 2.56. The Morgan fingerprint density at radius 1 is 1.38 bits per heavy atom. The summed E-state index contributed by atoms with van der Waals surface area (Å²) < 4.78 is 26.0. The van der Waals surface area contributed by atoms with Crippen molar-refractivity contribution in [3.63, 3.8) is 0 Å². The first-order valence-corrected chi connectivity index (χ1v) is 6.57. The van der Waals surface area contributed by atoms with Crippen LogP contribution in [0.25, 0.3) is 10.9 Å². The van der Waals surface area contributed by atoms with Gasteiger partial charge in [-0.25, -0.2) is 4.39 Å². The van der Waals surface area contributed by atoms with Gasteiger partial charge in [-0.3, -0.25) is 4.79 Å². The Kier molecular flexibility index (Phi) is 4.47. The van der Waals surface area contributed by atoms with Crippen molar-refractivity contribution in [1.29, 1.82) is 0 Å². The highest BCUT2D eigenvalue weighted by Crippen LogP contribution is 2.33. The average molecular weight is 295 g/mol. The van der Waals surface area contributed by atoms with Crippen LogP contribution in [-0.4, -0.2) is 36.5 Å². The fourth-order valence-electron chi connectivity index (χ4n) is 2.56. The maximum Gasteiger partial charge on any atom is 0.310 e. The third-order valence-corrected chi connectivity index (χ3v) is 3.61. The number of carbonyl (C=O) groups excluding carboxylic acids is 1. The molecule has 0 aliphatic heterocycles. The lowest BCUT2D eigenvalue weighted by Gasteiger charge is -2.06. The minimum atomic E-state index is -0.506. The minimum absolute atomic E-state index is 0.0264. The number of ether oxygens (including phenoxy) is 2. The van der Waals surface area contributed by atoms with Crippen molar-refractivity contribution >= 4 is 16.9 Å². The van der Waals surface area contributed by atoms with Gasteiger partial charge in [-0.2, -0.15) is 0 Å². The van der Waals surface area contributed by atoms with E-state index in [0.717, 1.165) is 5.69 Å². The number of esters is 1. The summed E-state index contributed by atoms with van der Waals surface area (Å²) in [5.41, 5.74) is 1.91. The Hall–Kier alpha value is -2.08. The quantitative estimate of drug-likeness (QED) is 0.855. The molecule has 21 heavy (non-hydrogen) atoms. The number of carbonyl (C=O) groups is 1. The van der Waals surface area contributed by atoms with E-state index in [9.17, 15) is 14.3 Å². The van der Waals surface area contributed by atoms with Gasteiger partial charge in [0.25, 0.3) is 0 Å². The minimum Gasteiger partial charge on any atom is -0.494 e. The van der Waals surface area contributed by atoms with E-state index in [1.807, 2.05) is 0 Å². The van der Waals surface area contributed by atoms with E-state index in [0.29, 0.717) is 23.0 Å². The monoisotopic (exact) mass is 295 g/mol. The van der Waals surface area contributed by atoms with Crippen LogP contribution in [-0.2, 0) is 22.5 Å². The molecule has 0 fully saturated rings. The Balaban J connectivity index is 2.74. The van der Waals surface area contributed by atoms with Crippen LogP contribution in [0.2, 0.25) is 0 Å². The number of hydrogen-bond acceptors (Lipinski definition) is 4. The van der Waals surface area contributed by atoms with Gasteiger partial charge in [0.1, 0.15) is 0 Å². The molecule has 0 radical (unpaired) electrons. The highest BCUT2D eigenvalue weighted by molar-refractivity contribution is 5.91. The third kappa shape index (κ3) is 2.58. The molecule has 6 heteroatoms. The summed E-state index contributed by atoms with van der Waals surface area (Å²) in [5, 5.41) is 9.52. The van der Waals surface area contributed by atoms with E-state index < -0.39 is 11.8 Å². The standard InChI is InChI=1S/C15H18FNO4/c1-9-10(8-13(19)21-3)14-11(17(9)6-7-18)4-5-12(20-2)15(14)16/h4-5,18H,6-8H2,1-3H3. The van der Waals surface area contributed by atoms with Gasteiger partial charge in [-0.15, -0.1) is 0 Å². The van der Waals surface area contributed by atoms with E-state index in [4.69, 9.17) is 4.74 Å². The van der Waals surface area contributed by atoms with Crippen LogP contribution < -0.4 is 4.74 Å². The molecule has 1 aromatic carbocycles. The van der Waals surface area contributed by atoms with Gasteiger partial charge in [0.2, 0.25) is 0 Å². The zero-order valence-electron chi connectivity index (χ0n) is 12.3. The number of benzene rings is 1. The van der Waals surface area contributed by atoms with Crippen molar-refractivity contribution in [2.45, 2.75) is 19.9 Å². The summed E-state index contributed by atoms with van der Waals surface area (Å²) in [6.45, 7) is 2.05. The molecule has 0 saturated carbocycles. The van der Waals surface area contributed by atoms with Crippen LogP contribution in [0.3, 0.4) is 0 Å². The van der Waals surface area contributed by atoms with Gasteiger partial charge >= 0.3 is 5.97 Å². The summed E-state index contributed by atoms with van der Waals surface area (Å²) in [4.78, 5) is 11.6. The maximum absolute atomic E-state index is 14.6. The molecule has 0 aliphatic rings. The highest BCUT2D eigenvalue weighted by atomic mass is 19.1. The van der Waals surface area contributed by atoms with E-state index in [-0.39, 0.29) is 18.8 Å². The molecule has 1 N–H and O–H groups in total. The molecule has 5 nitrogen and oxygen atoms in total. The second kappa shape index (κ2) is 6.13. The molecular formula is C15H18FNO4. The number of rotatable bonds is 5. The Morgan fingerprint density at radius 2 is 2.10 bits per heavy atom. The predicted octanol–water partition coefficient (Wildman–Crippen LogP) is 1.81. The summed E-state index contributed by atoms with van der Waals surface area (Å²) in [7, 11) is 2.68. The molecule has 2 aromatic rings. The molecular weight excluding hydrogens is 277 g/mol. The van der Waals surface area contributed by atoms with Gasteiger partial charge in [-0.05, 0) is 24.6 Å². The van der Waals surface area contributed by atoms with E-state index in [1.54, 1.807) is 17.6 Å². The summed E-state index contributed by atoms with van der Waals surface area (Å²) >= 11 is 0. The largest absolute Gasteiger partial charge is 0.494 e. The number of aromatic nitrogens is 1. The number of fused-ring (bicyclic) bond motifs is 1. The Bertz CT molecular complexity index is 678. The smallest absolute Gasteiger partial charge is 0.310 e. The molecule has 0 saturated heterocycles. The van der Waals surface area contributed by atoms with Gasteiger partial charge < -0.3 is 19.1 Å². The van der Waals surface area contributed by atoms with Crippen LogP contribution in [0.5, 0.6) is 5.75 Å². The molecule has 114 valence electrons. The molecule has 0 aliphatic carbocycles. The summed E-state index contributed by atoms with van der Waals surface area (Å²) in [6, 6.07) is 3.26. The number of halogens is 1. The molecule has 0 bridgehead atoms. The fraction of sp³-hybridized carbons (Fsp3) is 0.400. The van der Waals surface area contributed by atoms with E-state index in [2.05, 4.69) is 4.74 Å². The van der Waals surface area contributed by atoms with Crippen molar-refractivity contribution < 1.29 is 23.8 Å². The molecule has 2 rings (SSSR count). The van der Waals surface area contributed by atoms with Crippen LogP contribution in [0, 0.1) is 12.7 Å². The lowest BCUT2D eigenvalue weighted by molar-refractivity contribution is -0.139. The molecule has 0 amide bonds. The number of aliphatic hydroxyl groups excluding tert-OH is 1. The van der Waals surface area contributed by atoms with Crippen molar-refractivity contribution in [3.8, 4) is 5.75 Å². The number of aliphatic hydroxyl groups is 1. The normalized spacial score (nSPS) is 10.9. The first kappa shape index (κ1) is 15.3. The number of hydrogen-bond donors (Lipinski definition) is 1. The number of methoxy groups -OCH3 is 2. The first-order chi connectivity index (χ1) is 10.0. The summed E-state index contributed by atoms with van der Waals surface area (Å²) in [5.74, 6) is -0.827. The third-order valence-electron chi connectivity index (χ3n) is 3.61. The SMILES string of the molecule is COC(=O)Cc1c(C)n(CCO)c2ccc(OC)c(F)c12. The van der Waals surface area contributed by atoms with Gasteiger partial charge in [0.05, 0.1) is 32.8 Å². The van der Waals surface area contributed by atoms with Crippen LogP contribution >= 0.6 is 0 Å². The molecule has 0 spiro atoms. The second-order valence-corrected chi connectivity index (χ2v) is 4.67. The zero-order chi connectivity index (χ0) is 15.6. The predicted molar refractivity (Wildman–Crippen MR) is 76.0 cm³/mol. The van der Waals surface area contributed by atoms with E-state index in [1.165, 1.54) is 20.3 Å².